The molecular formula is C32H41N7O4S. The summed E-state index contributed by atoms with van der Waals surface area (Å²) in [5, 5.41) is 8.88. The standard InChI is InChI=1S/C32H41N7O4S/c1-31(2,3)28-24(33-20-34-28)18-26-30(36-25(29(41)35-26)17-22-11-8-7-9-12-22)43-21-42-27(40)14-10-13-23-19-39(38-37-23)15-16-44-32(4,5)6/h7-9,11-12,17-20H,10,13-16,21H2,1-6H3,(H,33,34)(H,35,41). The van der Waals surface area contributed by atoms with Crippen molar-refractivity contribution in [2.24, 2.45) is 0 Å². The van der Waals surface area contributed by atoms with E-state index in [1.165, 1.54) is 0 Å². The van der Waals surface area contributed by atoms with Gasteiger partial charge >= 0.3 is 5.97 Å². The number of aromatic nitrogens is 7. The molecule has 2 N–H and O–H groups in total. The van der Waals surface area contributed by atoms with Crippen molar-refractivity contribution in [2.75, 3.05) is 12.5 Å². The van der Waals surface area contributed by atoms with Gasteiger partial charge in [0.2, 0.25) is 12.7 Å². The molecule has 0 saturated heterocycles. The second kappa shape index (κ2) is 14.5. The van der Waals surface area contributed by atoms with Crippen LogP contribution in [0, 0.1) is 0 Å². The number of esters is 1. The molecule has 0 radical (unpaired) electrons. The lowest BCUT2D eigenvalue weighted by atomic mass is 9.90. The molecule has 3 aromatic heterocycles. The molecule has 0 fully saturated rings. The highest BCUT2D eigenvalue weighted by molar-refractivity contribution is 8.00. The maximum Gasteiger partial charge on any atom is 0.308 e. The van der Waals surface area contributed by atoms with E-state index >= 15 is 0 Å². The number of carbonyl (C=O) groups is 1. The summed E-state index contributed by atoms with van der Waals surface area (Å²) in [5.41, 5.74) is 2.57. The molecule has 0 bridgehead atoms. The van der Waals surface area contributed by atoms with Crippen LogP contribution in [-0.2, 0) is 27.9 Å². The minimum Gasteiger partial charge on any atom is -0.438 e. The molecule has 0 amide bonds. The first-order valence-corrected chi connectivity index (χ1v) is 15.6. The van der Waals surface area contributed by atoms with Gasteiger partial charge in [0.05, 0.1) is 24.3 Å². The van der Waals surface area contributed by atoms with E-state index in [-0.39, 0.29) is 40.2 Å². The Labute approximate surface area is 261 Å². The average molecular weight is 620 g/mol. The van der Waals surface area contributed by atoms with Gasteiger partial charge in [0.25, 0.3) is 5.56 Å². The number of nitrogens with zero attached hydrogens (tertiary/aromatic N) is 5. The first-order chi connectivity index (χ1) is 20.9. The number of H-pyrrole nitrogens is 2. The average Bonchev–Trinajstić information content (AvgIpc) is 3.60. The van der Waals surface area contributed by atoms with Crippen LogP contribution < -0.4 is 21.0 Å². The lowest BCUT2D eigenvalue weighted by Gasteiger charge is -2.17. The quantitative estimate of drug-likeness (QED) is 0.180. The van der Waals surface area contributed by atoms with Crippen LogP contribution in [0.4, 0.5) is 0 Å². The summed E-state index contributed by atoms with van der Waals surface area (Å²) in [4.78, 5) is 40.3. The maximum absolute atomic E-state index is 13.0. The van der Waals surface area contributed by atoms with Crippen LogP contribution in [0.1, 0.15) is 77.0 Å². The van der Waals surface area contributed by atoms with Crippen LogP contribution in [0.15, 0.2) is 47.7 Å². The summed E-state index contributed by atoms with van der Waals surface area (Å²) in [6.07, 6.45) is 8.26. The van der Waals surface area contributed by atoms with Gasteiger partial charge < -0.3 is 19.4 Å². The van der Waals surface area contributed by atoms with Crippen LogP contribution >= 0.6 is 11.8 Å². The van der Waals surface area contributed by atoms with Crippen LogP contribution in [0.5, 0.6) is 5.88 Å². The Bertz CT molecular complexity index is 1710. The highest BCUT2D eigenvalue weighted by Gasteiger charge is 2.19. The van der Waals surface area contributed by atoms with Crippen LogP contribution in [0.3, 0.4) is 0 Å². The zero-order valence-electron chi connectivity index (χ0n) is 26.2. The minimum atomic E-state index is -0.410. The summed E-state index contributed by atoms with van der Waals surface area (Å²) in [6, 6.07) is 9.38. The molecule has 11 nitrogen and oxygen atoms in total. The highest BCUT2D eigenvalue weighted by atomic mass is 32.2. The number of thioether (sulfide) groups is 1. The van der Waals surface area contributed by atoms with E-state index in [0.29, 0.717) is 23.9 Å². The number of hydrogen-bond acceptors (Lipinski definition) is 9. The number of aromatic amines is 2. The first kappa shape index (κ1) is 32.7. The molecule has 0 aliphatic carbocycles. The molecule has 12 heteroatoms. The van der Waals surface area contributed by atoms with Crippen molar-refractivity contribution in [1.82, 2.24) is 34.9 Å². The van der Waals surface area contributed by atoms with E-state index in [1.54, 1.807) is 18.5 Å². The Morgan fingerprint density at radius 2 is 1.86 bits per heavy atom. The fourth-order valence-corrected chi connectivity index (χ4v) is 5.16. The molecule has 4 rings (SSSR count). The van der Waals surface area contributed by atoms with E-state index in [0.717, 1.165) is 29.2 Å². The summed E-state index contributed by atoms with van der Waals surface area (Å²) in [5.74, 6) is 0.657. The number of carbonyl (C=O) groups excluding carboxylic acids is 1. The fourth-order valence-electron chi connectivity index (χ4n) is 4.27. The maximum atomic E-state index is 13.0. The number of rotatable bonds is 12. The molecule has 0 spiro atoms. The van der Waals surface area contributed by atoms with Crippen LogP contribution in [0.25, 0.3) is 12.2 Å². The molecular weight excluding hydrogens is 578 g/mol. The summed E-state index contributed by atoms with van der Waals surface area (Å²) >= 11 is 1.88. The number of nitrogens with one attached hydrogen (secondary N) is 2. The fraction of sp³-hybridized carbons (Fsp3) is 0.438. The zero-order chi connectivity index (χ0) is 31.7. The number of benzene rings is 1. The number of ether oxygens (including phenoxy) is 2. The summed E-state index contributed by atoms with van der Waals surface area (Å²) in [7, 11) is 0. The van der Waals surface area contributed by atoms with E-state index in [9.17, 15) is 9.59 Å². The number of hydrogen-bond donors (Lipinski definition) is 2. The van der Waals surface area contributed by atoms with E-state index < -0.39 is 5.97 Å². The molecule has 44 heavy (non-hydrogen) atoms. The van der Waals surface area contributed by atoms with E-state index in [4.69, 9.17) is 9.47 Å². The van der Waals surface area contributed by atoms with Crippen molar-refractivity contribution >= 4 is 29.9 Å². The van der Waals surface area contributed by atoms with E-state index in [1.807, 2.05) is 53.0 Å². The molecule has 234 valence electrons. The van der Waals surface area contributed by atoms with Crippen molar-refractivity contribution < 1.29 is 14.3 Å². The molecule has 0 unspecified atom stereocenters. The Hall–Kier alpha value is -4.19. The summed E-state index contributed by atoms with van der Waals surface area (Å²) in [6.45, 7) is 13.2. The van der Waals surface area contributed by atoms with Crippen LogP contribution in [0.2, 0.25) is 0 Å². The van der Waals surface area contributed by atoms with Gasteiger partial charge in [0.15, 0.2) is 0 Å². The largest absolute Gasteiger partial charge is 0.438 e. The van der Waals surface area contributed by atoms with Crippen molar-refractivity contribution in [1.29, 1.82) is 0 Å². The molecule has 4 aromatic rings. The Morgan fingerprint density at radius 3 is 2.59 bits per heavy atom. The third-order valence-corrected chi connectivity index (χ3v) is 7.66. The van der Waals surface area contributed by atoms with Crippen molar-refractivity contribution in [3.05, 3.63) is 86.6 Å². The highest BCUT2D eigenvalue weighted by Crippen LogP contribution is 2.24. The lowest BCUT2D eigenvalue weighted by Crippen LogP contribution is -2.38. The van der Waals surface area contributed by atoms with Crippen molar-refractivity contribution in [2.45, 2.75) is 77.5 Å². The first-order valence-electron chi connectivity index (χ1n) is 14.6. The molecule has 0 saturated carbocycles. The number of imidazole rings is 1. The molecule has 0 aliphatic heterocycles. The van der Waals surface area contributed by atoms with Gasteiger partial charge in [-0.15, -0.1) is 5.10 Å². The third kappa shape index (κ3) is 9.94. The Kier molecular flexibility index (Phi) is 10.8. The summed E-state index contributed by atoms with van der Waals surface area (Å²) < 4.78 is 13.2. The van der Waals surface area contributed by atoms with E-state index in [2.05, 4.69) is 71.8 Å². The number of aryl methyl sites for hydroxylation is 2. The van der Waals surface area contributed by atoms with Gasteiger partial charge in [-0.25, -0.2) is 9.97 Å². The van der Waals surface area contributed by atoms with Crippen molar-refractivity contribution in [3.8, 4) is 5.88 Å². The van der Waals surface area contributed by atoms with Gasteiger partial charge in [-0.3, -0.25) is 14.3 Å². The SMILES string of the molecule is CC(C)(C)SCCn1cc(CCCC(=O)OCOc2nc(=Cc3ccccc3)c(=O)[nH]c2=Cc2nc[nH]c2C(C)(C)C)nn1. The van der Waals surface area contributed by atoms with Gasteiger partial charge in [0.1, 0.15) is 10.7 Å². The molecule has 3 heterocycles. The smallest absolute Gasteiger partial charge is 0.308 e. The van der Waals surface area contributed by atoms with Gasteiger partial charge in [-0.2, -0.15) is 11.8 Å². The minimum absolute atomic E-state index is 0.115. The van der Waals surface area contributed by atoms with Crippen molar-refractivity contribution in [3.63, 3.8) is 0 Å². The molecule has 0 aliphatic rings. The van der Waals surface area contributed by atoms with Gasteiger partial charge in [-0.1, -0.05) is 77.1 Å². The monoisotopic (exact) mass is 619 g/mol. The van der Waals surface area contributed by atoms with Crippen LogP contribution in [-0.4, -0.2) is 58.2 Å². The third-order valence-electron chi connectivity index (χ3n) is 6.41. The molecule has 1 aromatic carbocycles. The normalized spacial score (nSPS) is 13.0. The topological polar surface area (TPSA) is 141 Å². The Balaban J connectivity index is 1.41. The second-order valence-electron chi connectivity index (χ2n) is 12.3. The predicted octanol–water partition coefficient (Wildman–Crippen LogP) is 3.47. The lowest BCUT2D eigenvalue weighted by molar-refractivity contribution is -0.150. The van der Waals surface area contributed by atoms with Gasteiger partial charge in [0, 0.05) is 34.2 Å². The Morgan fingerprint density at radius 1 is 1.09 bits per heavy atom. The van der Waals surface area contributed by atoms with Gasteiger partial charge in [-0.05, 0) is 30.6 Å². The molecule has 0 atom stereocenters. The predicted molar refractivity (Wildman–Crippen MR) is 172 cm³/mol. The second-order valence-corrected chi connectivity index (χ2v) is 14.3. The zero-order valence-corrected chi connectivity index (χ0v) is 27.0.